The fourth-order valence-electron chi connectivity index (χ4n) is 3.37. The Morgan fingerprint density at radius 2 is 1.88 bits per heavy atom. The molecular weight excluding hydrogens is 298 g/mol. The van der Waals surface area contributed by atoms with E-state index in [1.807, 2.05) is 30.3 Å². The van der Waals surface area contributed by atoms with Gasteiger partial charge in [0.15, 0.2) is 5.78 Å². The second kappa shape index (κ2) is 4.90. The lowest BCUT2D eigenvalue weighted by Gasteiger charge is -2.11. The number of carbonyl (C=O) groups excluding carboxylic acids is 1. The normalized spacial score (nSPS) is 13.6. The van der Waals surface area contributed by atoms with Crippen LogP contribution in [0.3, 0.4) is 0 Å². The van der Waals surface area contributed by atoms with Gasteiger partial charge in [-0.2, -0.15) is 0 Å². The Kier molecular flexibility index (Phi) is 2.71. The monoisotopic (exact) mass is 311 g/mol. The van der Waals surface area contributed by atoms with Crippen molar-refractivity contribution in [3.8, 4) is 11.1 Å². The number of ketones is 1. The summed E-state index contributed by atoms with van der Waals surface area (Å²) in [7, 11) is 0. The van der Waals surface area contributed by atoms with Crippen molar-refractivity contribution < 1.29 is 9.21 Å². The Morgan fingerprint density at radius 3 is 2.75 bits per heavy atom. The molecule has 24 heavy (non-hydrogen) atoms. The molecule has 3 nitrogen and oxygen atoms in total. The van der Waals surface area contributed by atoms with Crippen LogP contribution in [0.4, 0.5) is 0 Å². The van der Waals surface area contributed by atoms with Crippen molar-refractivity contribution in [3.05, 3.63) is 72.1 Å². The average Bonchev–Trinajstić information content (AvgIpc) is 3.05. The minimum atomic E-state index is 0.117. The Hall–Kier alpha value is -3.20. The van der Waals surface area contributed by atoms with E-state index < -0.39 is 0 Å². The van der Waals surface area contributed by atoms with Crippen LogP contribution in [-0.4, -0.2) is 10.8 Å². The molecule has 1 aliphatic rings. The summed E-state index contributed by atoms with van der Waals surface area (Å²) >= 11 is 0. The number of allylic oxidation sites excluding steroid dienone is 1. The minimum absolute atomic E-state index is 0.117. The highest BCUT2D eigenvalue weighted by molar-refractivity contribution is 6.12. The molecule has 0 amide bonds. The lowest BCUT2D eigenvalue weighted by molar-refractivity contribution is -0.114. The molecule has 0 fully saturated rings. The van der Waals surface area contributed by atoms with Crippen LogP contribution in [0.15, 0.2) is 65.3 Å². The van der Waals surface area contributed by atoms with E-state index in [-0.39, 0.29) is 5.78 Å². The number of rotatable bonds is 1. The topological polar surface area (TPSA) is 43.1 Å². The van der Waals surface area contributed by atoms with Crippen molar-refractivity contribution in [2.45, 2.75) is 6.42 Å². The molecule has 2 heterocycles. The van der Waals surface area contributed by atoms with E-state index in [4.69, 9.17) is 9.40 Å². The van der Waals surface area contributed by atoms with E-state index in [1.54, 1.807) is 18.4 Å². The second-order valence-electron chi connectivity index (χ2n) is 6.03. The molecular formula is C21H13NO2. The molecule has 0 N–H and O–H groups in total. The molecule has 0 aliphatic heterocycles. The number of hydrogen-bond donors (Lipinski definition) is 0. The van der Waals surface area contributed by atoms with Gasteiger partial charge in [0.2, 0.25) is 0 Å². The van der Waals surface area contributed by atoms with Crippen molar-refractivity contribution in [3.63, 3.8) is 0 Å². The van der Waals surface area contributed by atoms with E-state index in [0.29, 0.717) is 6.42 Å². The number of carbonyl (C=O) groups is 1. The van der Waals surface area contributed by atoms with Crippen LogP contribution < -0.4 is 0 Å². The van der Waals surface area contributed by atoms with Crippen LogP contribution in [0.1, 0.15) is 11.3 Å². The Labute approximate surface area is 138 Å². The quantitative estimate of drug-likeness (QED) is 0.508. The van der Waals surface area contributed by atoms with Gasteiger partial charge in [-0.25, -0.2) is 4.98 Å². The van der Waals surface area contributed by atoms with Gasteiger partial charge >= 0.3 is 0 Å². The Bertz CT molecular complexity index is 1140. The lowest BCUT2D eigenvalue weighted by Crippen LogP contribution is -2.06. The van der Waals surface area contributed by atoms with Gasteiger partial charge in [0.25, 0.3) is 0 Å². The van der Waals surface area contributed by atoms with E-state index in [0.717, 1.165) is 44.3 Å². The zero-order valence-corrected chi connectivity index (χ0v) is 12.8. The summed E-state index contributed by atoms with van der Waals surface area (Å²) < 4.78 is 5.77. The molecule has 0 radical (unpaired) electrons. The van der Waals surface area contributed by atoms with Gasteiger partial charge in [0.05, 0.1) is 17.5 Å². The summed E-state index contributed by atoms with van der Waals surface area (Å²) in [5.41, 5.74) is 5.77. The van der Waals surface area contributed by atoms with Crippen LogP contribution in [0.2, 0.25) is 0 Å². The molecule has 1 aliphatic carbocycles. The molecule has 2 aromatic carbocycles. The number of furan rings is 1. The molecule has 3 heteroatoms. The maximum atomic E-state index is 11.7. The van der Waals surface area contributed by atoms with Gasteiger partial charge in [0.1, 0.15) is 5.58 Å². The molecule has 5 rings (SSSR count). The summed E-state index contributed by atoms with van der Waals surface area (Å²) in [6.45, 7) is 0. The summed E-state index contributed by atoms with van der Waals surface area (Å²) in [5.74, 6) is 0.117. The van der Waals surface area contributed by atoms with Crippen molar-refractivity contribution in [1.82, 2.24) is 4.98 Å². The number of pyridine rings is 1. The Morgan fingerprint density at radius 1 is 1.00 bits per heavy atom. The molecule has 0 atom stereocenters. The van der Waals surface area contributed by atoms with Crippen molar-refractivity contribution in [2.75, 3.05) is 0 Å². The van der Waals surface area contributed by atoms with Crippen LogP contribution in [-0.2, 0) is 11.2 Å². The molecule has 0 bridgehead atoms. The first kappa shape index (κ1) is 13.3. The number of hydrogen-bond acceptors (Lipinski definition) is 3. The van der Waals surface area contributed by atoms with Crippen molar-refractivity contribution >= 4 is 33.7 Å². The summed E-state index contributed by atoms with van der Waals surface area (Å²) in [6, 6.07) is 16.2. The molecule has 0 spiro atoms. The van der Waals surface area contributed by atoms with Gasteiger partial charge in [-0.15, -0.1) is 0 Å². The van der Waals surface area contributed by atoms with Crippen molar-refractivity contribution in [1.29, 1.82) is 0 Å². The standard InChI is InChI=1S/C21H13NO2/c23-15-6-7-18-14(10-15)11-16-19(22-18)8-9-20-21(16)17(12-24-20)13-4-2-1-3-5-13/h1-9,11-12H,10H2. The Balaban J connectivity index is 1.87. The van der Waals surface area contributed by atoms with Crippen LogP contribution in [0.25, 0.3) is 39.1 Å². The van der Waals surface area contributed by atoms with E-state index in [1.165, 1.54) is 0 Å². The highest BCUT2D eigenvalue weighted by Gasteiger charge is 2.17. The van der Waals surface area contributed by atoms with E-state index in [9.17, 15) is 4.79 Å². The third kappa shape index (κ3) is 1.91. The first-order valence-electron chi connectivity index (χ1n) is 7.90. The summed E-state index contributed by atoms with van der Waals surface area (Å²) in [5, 5.41) is 2.08. The number of nitrogens with zero attached hydrogens (tertiary/aromatic N) is 1. The first-order chi connectivity index (χ1) is 11.8. The summed E-state index contributed by atoms with van der Waals surface area (Å²) in [6.07, 6.45) is 5.61. The molecule has 0 saturated carbocycles. The van der Waals surface area contributed by atoms with Crippen LogP contribution >= 0.6 is 0 Å². The average molecular weight is 311 g/mol. The maximum absolute atomic E-state index is 11.7. The summed E-state index contributed by atoms with van der Waals surface area (Å²) in [4.78, 5) is 16.5. The molecule has 0 saturated heterocycles. The fourth-order valence-corrected chi connectivity index (χ4v) is 3.37. The highest BCUT2D eigenvalue weighted by Crippen LogP contribution is 2.36. The third-order valence-electron chi connectivity index (χ3n) is 4.52. The molecule has 2 aromatic heterocycles. The number of aromatic nitrogens is 1. The predicted octanol–water partition coefficient (Wildman–Crippen LogP) is 4.79. The highest BCUT2D eigenvalue weighted by atomic mass is 16.3. The predicted molar refractivity (Wildman–Crippen MR) is 94.7 cm³/mol. The van der Waals surface area contributed by atoms with Crippen molar-refractivity contribution in [2.24, 2.45) is 0 Å². The smallest absolute Gasteiger partial charge is 0.160 e. The SMILES string of the molecule is O=C1C=Cc2nc3ccc4occ(-c5ccccc5)c4c3cc2C1. The van der Waals surface area contributed by atoms with Gasteiger partial charge in [0, 0.05) is 22.8 Å². The third-order valence-corrected chi connectivity index (χ3v) is 4.52. The molecule has 4 aromatic rings. The zero-order chi connectivity index (χ0) is 16.1. The fraction of sp³-hybridized carbons (Fsp3) is 0.0476. The van der Waals surface area contributed by atoms with E-state index >= 15 is 0 Å². The maximum Gasteiger partial charge on any atom is 0.160 e. The van der Waals surface area contributed by atoms with E-state index in [2.05, 4.69) is 18.2 Å². The number of fused-ring (bicyclic) bond motifs is 4. The van der Waals surface area contributed by atoms with Gasteiger partial charge in [-0.3, -0.25) is 4.79 Å². The second-order valence-corrected chi connectivity index (χ2v) is 6.03. The first-order valence-corrected chi connectivity index (χ1v) is 7.90. The van der Waals surface area contributed by atoms with Crippen LogP contribution in [0, 0.1) is 0 Å². The lowest BCUT2D eigenvalue weighted by atomic mass is 9.96. The molecule has 0 unspecified atom stereocenters. The largest absolute Gasteiger partial charge is 0.464 e. The van der Waals surface area contributed by atoms with Gasteiger partial charge in [-0.05, 0) is 41.5 Å². The molecule has 114 valence electrons. The zero-order valence-electron chi connectivity index (χ0n) is 12.8. The van der Waals surface area contributed by atoms with Gasteiger partial charge < -0.3 is 4.42 Å². The van der Waals surface area contributed by atoms with Gasteiger partial charge in [-0.1, -0.05) is 30.3 Å². The van der Waals surface area contributed by atoms with Crippen LogP contribution in [0.5, 0.6) is 0 Å². The number of benzene rings is 2. The minimum Gasteiger partial charge on any atom is -0.464 e.